The molecule has 3 nitrogen and oxygen atoms in total. The number of piperidine rings is 1. The summed E-state index contributed by atoms with van der Waals surface area (Å²) in [6.45, 7) is 12.2. The van der Waals surface area contributed by atoms with Crippen LogP contribution < -0.4 is 0 Å². The van der Waals surface area contributed by atoms with Crippen LogP contribution in [0.4, 0.5) is 0 Å². The van der Waals surface area contributed by atoms with E-state index in [9.17, 15) is 9.90 Å². The Balaban J connectivity index is 2.23. The lowest BCUT2D eigenvalue weighted by atomic mass is 9.66. The summed E-state index contributed by atoms with van der Waals surface area (Å²) in [5.41, 5.74) is 1.48. The van der Waals surface area contributed by atoms with E-state index in [1.165, 1.54) is 0 Å². The summed E-state index contributed by atoms with van der Waals surface area (Å²) in [4.78, 5) is 16.2. The molecule has 1 saturated heterocycles. The van der Waals surface area contributed by atoms with Gasteiger partial charge in [0, 0.05) is 16.0 Å². The third-order valence-electron chi connectivity index (χ3n) is 7.12. The van der Waals surface area contributed by atoms with Crippen molar-refractivity contribution in [3.8, 4) is 0 Å². The molecule has 2 aromatic carbocycles. The van der Waals surface area contributed by atoms with E-state index in [1.54, 1.807) is 0 Å². The molecule has 1 amide bonds. The second-order valence-corrected chi connectivity index (χ2v) is 11.2. The quantitative estimate of drug-likeness (QED) is 0.355. The number of aliphatic hydroxyl groups excluding tert-OH is 1. The number of carbonyl (C=O) groups excluding carboxylic acids is 1. The number of benzene rings is 2. The molecule has 5 heteroatoms. The molecule has 0 radical (unpaired) electrons. The highest BCUT2D eigenvalue weighted by Gasteiger charge is 2.51. The van der Waals surface area contributed by atoms with Crippen molar-refractivity contribution in [2.75, 3.05) is 0 Å². The monoisotopic (exact) mass is 501 g/mol. The molecule has 0 aliphatic carbocycles. The first-order chi connectivity index (χ1) is 16.1. The number of halogens is 2. The summed E-state index contributed by atoms with van der Waals surface area (Å²) in [5, 5.41) is 12.6. The molecule has 1 fully saturated rings. The topological polar surface area (TPSA) is 40.5 Å². The summed E-state index contributed by atoms with van der Waals surface area (Å²) >= 11 is 12.6. The Morgan fingerprint density at radius 2 is 1.82 bits per heavy atom. The van der Waals surface area contributed by atoms with Gasteiger partial charge < -0.3 is 10.0 Å². The molecule has 1 heterocycles. The van der Waals surface area contributed by atoms with E-state index in [0.29, 0.717) is 41.6 Å². The number of carbonyl (C=O) groups is 1. The summed E-state index contributed by atoms with van der Waals surface area (Å²) in [6.07, 6.45) is 3.75. The Labute approximate surface area is 214 Å². The number of likely N-dealkylation sites (tertiary alicyclic amines) is 1. The van der Waals surface area contributed by atoms with Gasteiger partial charge in [-0.2, -0.15) is 0 Å². The zero-order valence-corrected chi connectivity index (χ0v) is 22.2. The summed E-state index contributed by atoms with van der Waals surface area (Å²) < 4.78 is 0. The van der Waals surface area contributed by atoms with Gasteiger partial charge in [-0.3, -0.25) is 4.79 Å². The maximum Gasteiger partial charge on any atom is 0.229 e. The number of aliphatic hydroxyl groups is 1. The SMILES string of the molecule is C=CC[C@@]1(C)C[C@H](c2cccc(Cl)c2)[C@@H](c2ccc(Cl)cc2)N([C@@H](CC)C(O)CC(C)C)C1=O. The van der Waals surface area contributed by atoms with Crippen molar-refractivity contribution in [1.29, 1.82) is 0 Å². The maximum absolute atomic E-state index is 14.2. The molecule has 1 N–H and O–H groups in total. The molecule has 0 spiro atoms. The average molecular weight is 503 g/mol. The second kappa shape index (κ2) is 11.3. The highest BCUT2D eigenvalue weighted by molar-refractivity contribution is 6.30. The third-order valence-corrected chi connectivity index (χ3v) is 7.60. The molecule has 3 rings (SSSR count). The standard InChI is InChI=1S/C29H37Cl2NO2/c1-6-15-29(5)18-24(21-9-8-10-23(31)17-21)27(20-11-13-22(30)14-12-20)32(28(29)34)25(7-2)26(33)16-19(3)4/h6,8-14,17,19,24-27,33H,1,7,15-16,18H2,2-5H3/t24-,25+,26?,27-,29+/m1/s1. The zero-order valence-electron chi connectivity index (χ0n) is 20.7. The van der Waals surface area contributed by atoms with E-state index < -0.39 is 11.5 Å². The predicted molar refractivity (Wildman–Crippen MR) is 142 cm³/mol. The van der Waals surface area contributed by atoms with Gasteiger partial charge in [0.05, 0.1) is 23.6 Å². The van der Waals surface area contributed by atoms with E-state index in [1.807, 2.05) is 67.3 Å². The molecule has 1 aliphatic rings. The minimum absolute atomic E-state index is 0.00262. The molecular formula is C29H37Cl2NO2. The van der Waals surface area contributed by atoms with Gasteiger partial charge in [0.1, 0.15) is 0 Å². The third kappa shape index (κ3) is 5.70. The van der Waals surface area contributed by atoms with Crippen molar-refractivity contribution < 1.29 is 9.90 Å². The van der Waals surface area contributed by atoms with Crippen molar-refractivity contribution in [1.82, 2.24) is 4.90 Å². The summed E-state index contributed by atoms with van der Waals surface area (Å²) in [6, 6.07) is 15.1. The zero-order chi connectivity index (χ0) is 25.0. The van der Waals surface area contributed by atoms with Gasteiger partial charge in [-0.15, -0.1) is 6.58 Å². The minimum Gasteiger partial charge on any atom is -0.391 e. The Kier molecular flexibility index (Phi) is 8.89. The number of nitrogens with zero attached hydrogens (tertiary/aromatic N) is 1. The molecule has 0 bridgehead atoms. The van der Waals surface area contributed by atoms with Crippen LogP contribution in [-0.4, -0.2) is 28.1 Å². The van der Waals surface area contributed by atoms with Crippen molar-refractivity contribution in [2.24, 2.45) is 11.3 Å². The Bertz CT molecular complexity index is 990. The predicted octanol–water partition coefficient (Wildman–Crippen LogP) is 7.82. The van der Waals surface area contributed by atoms with E-state index in [-0.39, 0.29) is 23.9 Å². The van der Waals surface area contributed by atoms with Crippen LogP contribution in [0.1, 0.15) is 76.5 Å². The highest BCUT2D eigenvalue weighted by atomic mass is 35.5. The lowest BCUT2D eigenvalue weighted by Gasteiger charge is -2.53. The minimum atomic E-state index is -0.622. The first-order valence-corrected chi connectivity index (χ1v) is 13.0. The average Bonchev–Trinajstić information content (AvgIpc) is 2.77. The van der Waals surface area contributed by atoms with Crippen LogP contribution >= 0.6 is 23.2 Å². The van der Waals surface area contributed by atoms with E-state index >= 15 is 0 Å². The van der Waals surface area contributed by atoms with Crippen LogP contribution in [0.2, 0.25) is 10.0 Å². The van der Waals surface area contributed by atoms with E-state index in [2.05, 4.69) is 26.5 Å². The highest BCUT2D eigenvalue weighted by Crippen LogP contribution is 2.52. The van der Waals surface area contributed by atoms with Gasteiger partial charge in [-0.25, -0.2) is 0 Å². The normalized spacial score (nSPS) is 24.8. The van der Waals surface area contributed by atoms with Crippen LogP contribution in [0.15, 0.2) is 61.2 Å². The van der Waals surface area contributed by atoms with Crippen molar-refractivity contribution in [2.45, 2.75) is 77.5 Å². The second-order valence-electron chi connectivity index (χ2n) is 10.3. The lowest BCUT2D eigenvalue weighted by molar-refractivity contribution is -0.158. The van der Waals surface area contributed by atoms with Gasteiger partial charge in [-0.1, -0.05) is 81.2 Å². The molecule has 1 aliphatic heterocycles. The van der Waals surface area contributed by atoms with Gasteiger partial charge in [0.2, 0.25) is 5.91 Å². The molecule has 5 atom stereocenters. The van der Waals surface area contributed by atoms with Gasteiger partial charge in [0.25, 0.3) is 0 Å². The Hall–Kier alpha value is -1.81. The van der Waals surface area contributed by atoms with Crippen LogP contribution in [0.3, 0.4) is 0 Å². The summed E-state index contributed by atoms with van der Waals surface area (Å²) in [5.74, 6) is 0.393. The molecular weight excluding hydrogens is 465 g/mol. The number of hydrogen-bond acceptors (Lipinski definition) is 2. The van der Waals surface area contributed by atoms with Crippen LogP contribution in [0.5, 0.6) is 0 Å². The fourth-order valence-electron chi connectivity index (χ4n) is 5.55. The van der Waals surface area contributed by atoms with Gasteiger partial charge in [0.15, 0.2) is 0 Å². The fourth-order valence-corrected chi connectivity index (χ4v) is 5.87. The van der Waals surface area contributed by atoms with Crippen molar-refractivity contribution in [3.63, 3.8) is 0 Å². The van der Waals surface area contributed by atoms with Gasteiger partial charge in [-0.05, 0) is 67.0 Å². The molecule has 34 heavy (non-hydrogen) atoms. The molecule has 184 valence electrons. The Morgan fingerprint density at radius 3 is 2.38 bits per heavy atom. The van der Waals surface area contributed by atoms with Gasteiger partial charge >= 0.3 is 0 Å². The largest absolute Gasteiger partial charge is 0.391 e. The van der Waals surface area contributed by atoms with Crippen LogP contribution in [0, 0.1) is 11.3 Å². The maximum atomic E-state index is 14.2. The number of hydrogen-bond donors (Lipinski definition) is 1. The van der Waals surface area contributed by atoms with E-state index in [4.69, 9.17) is 23.2 Å². The first kappa shape index (κ1) is 26.8. The van der Waals surface area contributed by atoms with Crippen molar-refractivity contribution >= 4 is 29.1 Å². The molecule has 1 unspecified atom stereocenters. The van der Waals surface area contributed by atoms with E-state index in [0.717, 1.165) is 11.1 Å². The fraction of sp³-hybridized carbons (Fsp3) is 0.483. The Morgan fingerprint density at radius 1 is 1.15 bits per heavy atom. The number of rotatable bonds is 9. The molecule has 0 aromatic heterocycles. The molecule has 2 aromatic rings. The van der Waals surface area contributed by atoms with Crippen LogP contribution in [-0.2, 0) is 4.79 Å². The number of amides is 1. The summed E-state index contributed by atoms with van der Waals surface area (Å²) in [7, 11) is 0. The van der Waals surface area contributed by atoms with Crippen LogP contribution in [0.25, 0.3) is 0 Å². The lowest BCUT2D eigenvalue weighted by Crippen LogP contribution is -2.58. The number of allylic oxidation sites excluding steroid dienone is 1. The molecule has 0 saturated carbocycles. The van der Waals surface area contributed by atoms with Crippen molar-refractivity contribution in [3.05, 3.63) is 82.4 Å². The smallest absolute Gasteiger partial charge is 0.229 e. The first-order valence-electron chi connectivity index (χ1n) is 12.2.